The van der Waals surface area contributed by atoms with Crippen molar-refractivity contribution < 1.29 is 4.79 Å². The highest BCUT2D eigenvalue weighted by Gasteiger charge is 2.24. The predicted molar refractivity (Wildman–Crippen MR) is 94.5 cm³/mol. The molecule has 112 valence electrons. The van der Waals surface area contributed by atoms with Crippen LogP contribution in [0, 0.1) is 0 Å². The number of nitrogens with zero attached hydrogens (tertiary/aromatic N) is 1. The molecular formula is C17H17N3OS. The highest BCUT2D eigenvalue weighted by Crippen LogP contribution is 2.29. The van der Waals surface area contributed by atoms with E-state index in [-0.39, 0.29) is 12.5 Å². The zero-order chi connectivity index (χ0) is 15.5. The van der Waals surface area contributed by atoms with Crippen LogP contribution in [-0.4, -0.2) is 17.6 Å². The number of aryl methyl sites for hydroxylation is 1. The molecule has 1 amide bonds. The molecule has 4 nitrogen and oxygen atoms in total. The lowest BCUT2D eigenvalue weighted by Crippen LogP contribution is -2.44. The van der Waals surface area contributed by atoms with Gasteiger partial charge in [-0.1, -0.05) is 31.2 Å². The molecule has 0 atom stereocenters. The summed E-state index contributed by atoms with van der Waals surface area (Å²) in [7, 11) is 0. The smallest absolute Gasteiger partial charge is 0.244 e. The molecule has 0 bridgehead atoms. The molecule has 0 aliphatic carbocycles. The fourth-order valence-corrected chi connectivity index (χ4v) is 2.76. The Hall–Kier alpha value is -2.40. The van der Waals surface area contributed by atoms with Crippen LogP contribution in [0.15, 0.2) is 48.5 Å². The van der Waals surface area contributed by atoms with Crippen molar-refractivity contribution in [3.8, 4) is 0 Å². The van der Waals surface area contributed by atoms with E-state index in [0.29, 0.717) is 5.11 Å². The van der Waals surface area contributed by atoms with Gasteiger partial charge in [-0.15, -0.1) is 0 Å². The minimum atomic E-state index is -0.0647. The Morgan fingerprint density at radius 2 is 2.09 bits per heavy atom. The molecule has 0 spiro atoms. The Bertz CT molecular complexity index is 729. The van der Waals surface area contributed by atoms with Crippen molar-refractivity contribution in [2.24, 2.45) is 0 Å². The van der Waals surface area contributed by atoms with Gasteiger partial charge in [0.15, 0.2) is 5.11 Å². The van der Waals surface area contributed by atoms with Crippen LogP contribution in [0.2, 0.25) is 0 Å². The van der Waals surface area contributed by atoms with Crippen LogP contribution in [0.4, 0.5) is 17.1 Å². The maximum atomic E-state index is 11.9. The molecule has 0 saturated heterocycles. The molecule has 2 N–H and O–H groups in total. The van der Waals surface area contributed by atoms with Crippen molar-refractivity contribution >= 4 is 40.3 Å². The summed E-state index contributed by atoms with van der Waals surface area (Å²) in [6.07, 6.45) is 0.969. The summed E-state index contributed by atoms with van der Waals surface area (Å²) in [6, 6.07) is 15.8. The Labute approximate surface area is 135 Å². The van der Waals surface area contributed by atoms with Gasteiger partial charge in [-0.2, -0.15) is 0 Å². The molecule has 2 aromatic rings. The van der Waals surface area contributed by atoms with Gasteiger partial charge < -0.3 is 15.5 Å². The topological polar surface area (TPSA) is 44.4 Å². The van der Waals surface area contributed by atoms with E-state index in [2.05, 4.69) is 29.7 Å². The van der Waals surface area contributed by atoms with Gasteiger partial charge in [0.1, 0.15) is 6.54 Å². The first-order chi connectivity index (χ1) is 10.7. The highest BCUT2D eigenvalue weighted by molar-refractivity contribution is 7.80. The van der Waals surface area contributed by atoms with E-state index in [1.165, 1.54) is 5.56 Å². The summed E-state index contributed by atoms with van der Waals surface area (Å²) in [5, 5.41) is 6.61. The normalized spacial score (nSPS) is 13.3. The monoisotopic (exact) mass is 311 g/mol. The molecule has 0 radical (unpaired) electrons. The van der Waals surface area contributed by atoms with Crippen molar-refractivity contribution in [3.05, 3.63) is 54.1 Å². The fraction of sp³-hybridized carbons (Fsp3) is 0.176. The van der Waals surface area contributed by atoms with Crippen LogP contribution in [0.3, 0.4) is 0 Å². The Kier molecular flexibility index (Phi) is 4.06. The number of amides is 1. The average molecular weight is 311 g/mol. The number of rotatable bonds is 2. The molecule has 0 aromatic heterocycles. The minimum Gasteiger partial charge on any atom is -0.332 e. The van der Waals surface area contributed by atoms with E-state index in [0.717, 1.165) is 23.5 Å². The fourth-order valence-electron chi connectivity index (χ4n) is 2.47. The van der Waals surface area contributed by atoms with Crippen LogP contribution in [0.1, 0.15) is 12.5 Å². The Balaban J connectivity index is 1.84. The van der Waals surface area contributed by atoms with E-state index in [1.54, 1.807) is 0 Å². The van der Waals surface area contributed by atoms with Crippen LogP contribution >= 0.6 is 12.2 Å². The summed E-state index contributed by atoms with van der Waals surface area (Å²) in [5.74, 6) is -0.0647. The van der Waals surface area contributed by atoms with E-state index in [4.69, 9.17) is 12.2 Å². The molecule has 1 aliphatic heterocycles. The molecule has 1 heterocycles. The number of thiocarbonyl (C=S) groups is 1. The first kappa shape index (κ1) is 14.5. The van der Waals surface area contributed by atoms with Gasteiger partial charge in [0.05, 0.1) is 11.4 Å². The highest BCUT2D eigenvalue weighted by atomic mass is 32.1. The lowest BCUT2D eigenvalue weighted by atomic mass is 10.1. The Morgan fingerprint density at radius 1 is 1.27 bits per heavy atom. The number of carbonyl (C=O) groups is 1. The maximum Gasteiger partial charge on any atom is 0.244 e. The zero-order valence-electron chi connectivity index (χ0n) is 12.3. The second kappa shape index (κ2) is 6.15. The van der Waals surface area contributed by atoms with Crippen molar-refractivity contribution in [2.45, 2.75) is 13.3 Å². The Morgan fingerprint density at radius 3 is 2.91 bits per heavy atom. The predicted octanol–water partition coefficient (Wildman–Crippen LogP) is 3.40. The summed E-state index contributed by atoms with van der Waals surface area (Å²) in [5.41, 5.74) is 3.87. The number of fused-ring (bicyclic) bond motifs is 1. The number of benzene rings is 2. The first-order valence-corrected chi connectivity index (χ1v) is 7.64. The van der Waals surface area contributed by atoms with Crippen LogP contribution in [0.5, 0.6) is 0 Å². The maximum absolute atomic E-state index is 11.9. The van der Waals surface area contributed by atoms with Gasteiger partial charge in [0, 0.05) is 5.69 Å². The van der Waals surface area contributed by atoms with Gasteiger partial charge in [-0.25, -0.2) is 0 Å². The van der Waals surface area contributed by atoms with E-state index < -0.39 is 0 Å². The molecule has 0 fully saturated rings. The molecule has 2 aromatic carbocycles. The molecule has 22 heavy (non-hydrogen) atoms. The summed E-state index contributed by atoms with van der Waals surface area (Å²) in [4.78, 5) is 13.7. The number of carbonyl (C=O) groups excluding carboxylic acids is 1. The minimum absolute atomic E-state index is 0.0647. The number of hydrogen-bond donors (Lipinski definition) is 2. The lowest BCUT2D eigenvalue weighted by Gasteiger charge is -2.31. The second-order valence-electron chi connectivity index (χ2n) is 5.14. The quantitative estimate of drug-likeness (QED) is 0.834. The van der Waals surface area contributed by atoms with Crippen molar-refractivity contribution in [1.29, 1.82) is 0 Å². The van der Waals surface area contributed by atoms with Crippen molar-refractivity contribution in [3.63, 3.8) is 0 Å². The van der Waals surface area contributed by atoms with E-state index in [9.17, 15) is 4.79 Å². The van der Waals surface area contributed by atoms with Gasteiger partial charge in [-0.05, 0) is 48.5 Å². The average Bonchev–Trinajstić information content (AvgIpc) is 2.54. The van der Waals surface area contributed by atoms with Crippen LogP contribution in [0.25, 0.3) is 0 Å². The third-order valence-electron chi connectivity index (χ3n) is 3.60. The number of anilines is 3. The number of nitrogens with one attached hydrogen (secondary N) is 2. The van der Waals surface area contributed by atoms with Crippen LogP contribution in [-0.2, 0) is 11.2 Å². The third kappa shape index (κ3) is 2.94. The van der Waals surface area contributed by atoms with Gasteiger partial charge >= 0.3 is 0 Å². The van der Waals surface area contributed by atoms with Crippen molar-refractivity contribution in [1.82, 2.24) is 0 Å². The van der Waals surface area contributed by atoms with E-state index >= 15 is 0 Å². The summed E-state index contributed by atoms with van der Waals surface area (Å²) in [6.45, 7) is 2.33. The largest absolute Gasteiger partial charge is 0.332 e. The summed E-state index contributed by atoms with van der Waals surface area (Å²) >= 11 is 5.50. The summed E-state index contributed by atoms with van der Waals surface area (Å²) < 4.78 is 0. The molecule has 1 aliphatic rings. The van der Waals surface area contributed by atoms with Crippen molar-refractivity contribution in [2.75, 3.05) is 22.1 Å². The van der Waals surface area contributed by atoms with Gasteiger partial charge in [0.25, 0.3) is 0 Å². The van der Waals surface area contributed by atoms with E-state index in [1.807, 2.05) is 41.3 Å². The first-order valence-electron chi connectivity index (χ1n) is 7.23. The van der Waals surface area contributed by atoms with Crippen LogP contribution < -0.4 is 15.5 Å². The standard InChI is InChI=1S/C17H17N3OS/c1-2-12-6-5-7-13(10-12)18-17(22)20-11-16(21)19-14-8-3-4-9-15(14)20/h3-10H,2,11H2,1H3,(H,18,22)(H,19,21). The molecule has 3 rings (SSSR count). The molecule has 5 heteroatoms. The van der Waals surface area contributed by atoms with Gasteiger partial charge in [-0.3, -0.25) is 4.79 Å². The lowest BCUT2D eigenvalue weighted by molar-refractivity contribution is -0.115. The number of hydrogen-bond acceptors (Lipinski definition) is 2. The number of para-hydroxylation sites is 2. The molecule has 0 saturated carbocycles. The zero-order valence-corrected chi connectivity index (χ0v) is 13.1. The second-order valence-corrected chi connectivity index (χ2v) is 5.52. The van der Waals surface area contributed by atoms with Gasteiger partial charge in [0.2, 0.25) is 5.91 Å². The third-order valence-corrected chi connectivity index (χ3v) is 3.92. The SMILES string of the molecule is CCc1cccc(NC(=S)N2CC(=O)Nc3ccccc32)c1. The molecule has 0 unspecified atom stereocenters. The molecular weight excluding hydrogens is 294 g/mol.